The fraction of sp³-hybridized carbons (Fsp3) is 0.667. The average molecular weight is 247 g/mol. The molecule has 2 heterocycles. The van der Waals surface area contributed by atoms with Crippen LogP contribution in [0.3, 0.4) is 0 Å². The quantitative estimate of drug-likeness (QED) is 0.829. The summed E-state index contributed by atoms with van der Waals surface area (Å²) >= 11 is 0. The first kappa shape index (κ1) is 13.3. The molecule has 1 aliphatic rings. The summed E-state index contributed by atoms with van der Waals surface area (Å²) in [6, 6.07) is 2.42. The van der Waals surface area contributed by atoms with Crippen LogP contribution >= 0.6 is 0 Å². The van der Waals surface area contributed by atoms with Gasteiger partial charge in [0.25, 0.3) is 0 Å². The summed E-state index contributed by atoms with van der Waals surface area (Å²) in [6.45, 7) is 11.0. The van der Waals surface area contributed by atoms with Crippen LogP contribution in [-0.4, -0.2) is 24.1 Å². The van der Waals surface area contributed by atoms with E-state index in [1.54, 1.807) is 0 Å². The van der Waals surface area contributed by atoms with Gasteiger partial charge in [0.1, 0.15) is 0 Å². The lowest BCUT2D eigenvalue weighted by molar-refractivity contribution is 0.399. The van der Waals surface area contributed by atoms with Gasteiger partial charge in [-0.25, -0.2) is 0 Å². The standard InChI is InChI=1S/C15H25N3/c1-11-7-12(16)10-18(9-11)14-5-6-17-8-13(14)15(2,3)4/h5-6,8,11-12H,7,9-10,16H2,1-4H3/t11-,12+/m1/s1. The van der Waals surface area contributed by atoms with Crippen LogP contribution in [0.5, 0.6) is 0 Å². The minimum absolute atomic E-state index is 0.119. The van der Waals surface area contributed by atoms with E-state index in [1.165, 1.54) is 11.3 Å². The first-order chi connectivity index (χ1) is 8.38. The van der Waals surface area contributed by atoms with Gasteiger partial charge in [-0.3, -0.25) is 4.98 Å². The molecule has 1 fully saturated rings. The maximum Gasteiger partial charge on any atom is 0.0435 e. The van der Waals surface area contributed by atoms with Crippen molar-refractivity contribution < 1.29 is 0 Å². The zero-order chi connectivity index (χ0) is 13.3. The highest BCUT2D eigenvalue weighted by molar-refractivity contribution is 5.55. The molecule has 0 unspecified atom stereocenters. The molecule has 1 aromatic heterocycles. The molecule has 0 saturated carbocycles. The topological polar surface area (TPSA) is 42.1 Å². The van der Waals surface area contributed by atoms with Crippen molar-refractivity contribution in [1.29, 1.82) is 0 Å². The number of anilines is 1. The van der Waals surface area contributed by atoms with Crippen molar-refractivity contribution in [2.75, 3.05) is 18.0 Å². The molecule has 1 saturated heterocycles. The Morgan fingerprint density at radius 2 is 2.06 bits per heavy atom. The van der Waals surface area contributed by atoms with Crippen molar-refractivity contribution in [2.24, 2.45) is 11.7 Å². The predicted octanol–water partition coefficient (Wildman–Crippen LogP) is 2.55. The predicted molar refractivity (Wildman–Crippen MR) is 76.9 cm³/mol. The summed E-state index contributed by atoms with van der Waals surface area (Å²) < 4.78 is 0. The Labute approximate surface area is 110 Å². The van der Waals surface area contributed by atoms with Crippen molar-refractivity contribution in [3.63, 3.8) is 0 Å². The normalized spacial score (nSPS) is 25.3. The zero-order valence-corrected chi connectivity index (χ0v) is 12.0. The Bertz CT molecular complexity index is 398. The summed E-state index contributed by atoms with van der Waals surface area (Å²) in [5.41, 5.74) is 8.89. The highest BCUT2D eigenvalue weighted by atomic mass is 15.2. The molecule has 3 heteroatoms. The van der Waals surface area contributed by atoms with Crippen molar-refractivity contribution >= 4 is 5.69 Å². The highest BCUT2D eigenvalue weighted by Gasteiger charge is 2.26. The van der Waals surface area contributed by atoms with E-state index in [-0.39, 0.29) is 11.5 Å². The van der Waals surface area contributed by atoms with Gasteiger partial charge in [-0.1, -0.05) is 27.7 Å². The van der Waals surface area contributed by atoms with Crippen LogP contribution in [0.4, 0.5) is 5.69 Å². The van der Waals surface area contributed by atoms with Crippen molar-refractivity contribution in [3.8, 4) is 0 Å². The Kier molecular flexibility index (Phi) is 3.62. The smallest absolute Gasteiger partial charge is 0.0435 e. The molecule has 18 heavy (non-hydrogen) atoms. The van der Waals surface area contributed by atoms with Gasteiger partial charge in [0, 0.05) is 37.2 Å². The van der Waals surface area contributed by atoms with Crippen LogP contribution in [0, 0.1) is 5.92 Å². The highest BCUT2D eigenvalue weighted by Crippen LogP contribution is 2.33. The zero-order valence-electron chi connectivity index (χ0n) is 12.0. The molecule has 0 spiro atoms. The van der Waals surface area contributed by atoms with Gasteiger partial charge in [0.15, 0.2) is 0 Å². The van der Waals surface area contributed by atoms with E-state index in [9.17, 15) is 0 Å². The second-order valence-corrected chi connectivity index (χ2v) is 6.65. The molecule has 3 nitrogen and oxygen atoms in total. The van der Waals surface area contributed by atoms with Crippen LogP contribution in [0.1, 0.15) is 39.7 Å². The second-order valence-electron chi connectivity index (χ2n) is 6.65. The number of nitrogens with zero attached hydrogens (tertiary/aromatic N) is 2. The number of hydrogen-bond donors (Lipinski definition) is 1. The number of hydrogen-bond acceptors (Lipinski definition) is 3. The van der Waals surface area contributed by atoms with E-state index in [0.717, 1.165) is 19.5 Å². The van der Waals surface area contributed by atoms with E-state index in [4.69, 9.17) is 5.73 Å². The van der Waals surface area contributed by atoms with Crippen LogP contribution in [0.2, 0.25) is 0 Å². The molecular formula is C15H25N3. The Morgan fingerprint density at radius 3 is 2.67 bits per heavy atom. The molecule has 100 valence electrons. The molecule has 0 bridgehead atoms. The summed E-state index contributed by atoms with van der Waals surface area (Å²) in [4.78, 5) is 6.72. The fourth-order valence-electron chi connectivity index (χ4n) is 2.84. The lowest BCUT2D eigenvalue weighted by Gasteiger charge is -2.39. The third kappa shape index (κ3) is 2.83. The van der Waals surface area contributed by atoms with Gasteiger partial charge in [-0.15, -0.1) is 0 Å². The summed E-state index contributed by atoms with van der Waals surface area (Å²) in [7, 11) is 0. The molecule has 1 aromatic rings. The van der Waals surface area contributed by atoms with Gasteiger partial charge in [-0.05, 0) is 29.4 Å². The molecule has 1 aliphatic heterocycles. The molecule has 2 atom stereocenters. The first-order valence-electron chi connectivity index (χ1n) is 6.83. The Balaban J connectivity index is 2.33. The third-order valence-corrected chi connectivity index (χ3v) is 3.64. The fourth-order valence-corrected chi connectivity index (χ4v) is 2.84. The van der Waals surface area contributed by atoms with E-state index >= 15 is 0 Å². The summed E-state index contributed by atoms with van der Waals surface area (Å²) in [5.74, 6) is 0.662. The van der Waals surface area contributed by atoms with Crippen LogP contribution in [0.25, 0.3) is 0 Å². The Hall–Kier alpha value is -1.09. The maximum absolute atomic E-state index is 6.15. The average Bonchev–Trinajstić information content (AvgIpc) is 2.26. The molecule has 0 aliphatic carbocycles. The van der Waals surface area contributed by atoms with Crippen molar-refractivity contribution in [3.05, 3.63) is 24.0 Å². The van der Waals surface area contributed by atoms with Gasteiger partial charge < -0.3 is 10.6 Å². The molecule has 0 aromatic carbocycles. The SMILES string of the molecule is C[C@@H]1C[C@H](N)CN(c2ccncc2C(C)(C)C)C1. The monoisotopic (exact) mass is 247 g/mol. The van der Waals surface area contributed by atoms with E-state index < -0.39 is 0 Å². The number of pyridine rings is 1. The summed E-state index contributed by atoms with van der Waals surface area (Å²) in [6.07, 6.45) is 5.02. The lowest BCUT2D eigenvalue weighted by atomic mass is 9.86. The van der Waals surface area contributed by atoms with Gasteiger partial charge in [0.05, 0.1) is 0 Å². The van der Waals surface area contributed by atoms with Gasteiger partial charge in [0.2, 0.25) is 0 Å². The molecular weight excluding hydrogens is 222 g/mol. The summed E-state index contributed by atoms with van der Waals surface area (Å²) in [5, 5.41) is 0. The Morgan fingerprint density at radius 1 is 1.33 bits per heavy atom. The number of rotatable bonds is 1. The number of aromatic nitrogens is 1. The van der Waals surface area contributed by atoms with Crippen molar-refractivity contribution in [2.45, 2.75) is 45.6 Å². The molecule has 0 radical (unpaired) electrons. The maximum atomic E-state index is 6.15. The largest absolute Gasteiger partial charge is 0.369 e. The first-order valence-corrected chi connectivity index (χ1v) is 6.83. The molecule has 2 N–H and O–H groups in total. The molecule has 0 amide bonds. The molecule has 2 rings (SSSR count). The minimum Gasteiger partial charge on any atom is -0.369 e. The van der Waals surface area contributed by atoms with Crippen LogP contribution in [-0.2, 0) is 5.41 Å². The van der Waals surface area contributed by atoms with E-state index in [2.05, 4.69) is 43.6 Å². The third-order valence-electron chi connectivity index (χ3n) is 3.64. The number of nitrogens with two attached hydrogens (primary N) is 1. The van der Waals surface area contributed by atoms with Crippen LogP contribution in [0.15, 0.2) is 18.5 Å². The van der Waals surface area contributed by atoms with Gasteiger partial charge in [-0.2, -0.15) is 0 Å². The number of piperidine rings is 1. The van der Waals surface area contributed by atoms with E-state index in [0.29, 0.717) is 5.92 Å². The lowest BCUT2D eigenvalue weighted by Crippen LogP contribution is -2.47. The van der Waals surface area contributed by atoms with Gasteiger partial charge >= 0.3 is 0 Å². The van der Waals surface area contributed by atoms with Crippen molar-refractivity contribution in [1.82, 2.24) is 4.98 Å². The minimum atomic E-state index is 0.119. The second kappa shape index (κ2) is 4.88. The van der Waals surface area contributed by atoms with E-state index in [1.807, 2.05) is 12.4 Å². The van der Waals surface area contributed by atoms with Crippen LogP contribution < -0.4 is 10.6 Å².